The number of hydrogen-bond donors (Lipinski definition) is 5. The normalized spacial score (nSPS) is 22.1. The average molecular weight is 390 g/mol. The quantitative estimate of drug-likeness (QED) is 0.378. The number of aliphatic hydroxyl groups is 1. The fraction of sp³-hybridized carbons (Fsp3) is 0.550. The Bertz CT molecular complexity index is 680. The highest BCUT2D eigenvalue weighted by molar-refractivity contribution is 5.93. The van der Waals surface area contributed by atoms with Gasteiger partial charge in [0.2, 0.25) is 11.8 Å². The summed E-state index contributed by atoms with van der Waals surface area (Å²) in [5, 5.41) is 18.5. The number of nitrogens with one attached hydrogen (secondary N) is 3. The predicted octanol–water partition coefficient (Wildman–Crippen LogP) is -0.722. The van der Waals surface area contributed by atoms with Crippen LogP contribution in [0.25, 0.3) is 0 Å². The summed E-state index contributed by atoms with van der Waals surface area (Å²) < 4.78 is 0. The second-order valence-electron chi connectivity index (χ2n) is 7.26. The van der Waals surface area contributed by atoms with E-state index in [9.17, 15) is 19.5 Å². The van der Waals surface area contributed by atoms with Gasteiger partial charge in [-0.25, -0.2) is 0 Å². The van der Waals surface area contributed by atoms with Crippen molar-refractivity contribution in [2.45, 2.75) is 44.4 Å². The standard InChI is InChI=1S/C20H30N4O4/c1-12(25)17(8-9-21)23-20(28)18(13(2)26)24-19(27)16-11-22-10-15(16)14-6-4-3-5-7-14/h3-7,13,15-18,22,26H,8-11,21H2,1-2H3,(H,23,28)(H,24,27)/t13-,15+,16-,17-,18-/m0/s1. The summed E-state index contributed by atoms with van der Waals surface area (Å²) in [6, 6.07) is 7.83. The first-order chi connectivity index (χ1) is 13.3. The first-order valence-electron chi connectivity index (χ1n) is 9.60. The third-order valence-electron chi connectivity index (χ3n) is 5.10. The van der Waals surface area contributed by atoms with Gasteiger partial charge in [0.05, 0.1) is 18.1 Å². The van der Waals surface area contributed by atoms with Crippen molar-refractivity contribution in [2.75, 3.05) is 19.6 Å². The van der Waals surface area contributed by atoms with E-state index >= 15 is 0 Å². The summed E-state index contributed by atoms with van der Waals surface area (Å²) in [6.07, 6.45) is -0.816. The van der Waals surface area contributed by atoms with Gasteiger partial charge in [-0.2, -0.15) is 0 Å². The molecule has 1 aliphatic rings. The molecule has 0 saturated carbocycles. The van der Waals surface area contributed by atoms with E-state index in [4.69, 9.17) is 5.73 Å². The lowest BCUT2D eigenvalue weighted by atomic mass is 9.88. The second kappa shape index (κ2) is 10.3. The summed E-state index contributed by atoms with van der Waals surface area (Å²) in [5.74, 6) is -1.50. The molecule has 0 unspecified atom stereocenters. The lowest BCUT2D eigenvalue weighted by Crippen LogP contribution is -2.57. The molecule has 1 aromatic rings. The summed E-state index contributed by atoms with van der Waals surface area (Å²) in [7, 11) is 0. The first-order valence-corrected chi connectivity index (χ1v) is 9.60. The molecule has 154 valence electrons. The minimum absolute atomic E-state index is 0.0129. The van der Waals surface area contributed by atoms with E-state index in [-0.39, 0.29) is 30.1 Å². The van der Waals surface area contributed by atoms with Gasteiger partial charge in [-0.05, 0) is 32.4 Å². The number of carbonyl (C=O) groups excluding carboxylic acids is 3. The maximum atomic E-state index is 12.9. The maximum Gasteiger partial charge on any atom is 0.245 e. The highest BCUT2D eigenvalue weighted by atomic mass is 16.3. The zero-order chi connectivity index (χ0) is 20.7. The first kappa shape index (κ1) is 22.0. The molecule has 1 heterocycles. The van der Waals surface area contributed by atoms with Crippen molar-refractivity contribution >= 4 is 17.6 Å². The SMILES string of the molecule is CC(=O)[C@H](CCN)NC(=O)[C@@H](NC(=O)[C@H]1CNC[C@@H]1c1ccccc1)[C@H](C)O. The van der Waals surface area contributed by atoms with Crippen molar-refractivity contribution in [1.82, 2.24) is 16.0 Å². The van der Waals surface area contributed by atoms with Crippen molar-refractivity contribution in [3.63, 3.8) is 0 Å². The van der Waals surface area contributed by atoms with E-state index < -0.39 is 24.1 Å². The molecule has 0 aromatic heterocycles. The lowest BCUT2D eigenvalue weighted by molar-refractivity contribution is -0.135. The molecule has 2 amide bonds. The minimum atomic E-state index is -1.15. The molecule has 1 fully saturated rings. The monoisotopic (exact) mass is 390 g/mol. The number of amides is 2. The fourth-order valence-corrected chi connectivity index (χ4v) is 3.48. The van der Waals surface area contributed by atoms with E-state index in [2.05, 4.69) is 16.0 Å². The van der Waals surface area contributed by atoms with Crippen LogP contribution in [0.3, 0.4) is 0 Å². The van der Waals surface area contributed by atoms with Crippen LogP contribution in [0, 0.1) is 5.92 Å². The van der Waals surface area contributed by atoms with Crippen LogP contribution in [0.4, 0.5) is 0 Å². The Kier molecular flexibility index (Phi) is 8.10. The smallest absolute Gasteiger partial charge is 0.245 e. The van der Waals surface area contributed by atoms with Crippen molar-refractivity contribution in [3.8, 4) is 0 Å². The van der Waals surface area contributed by atoms with Crippen LogP contribution in [0.2, 0.25) is 0 Å². The van der Waals surface area contributed by atoms with Gasteiger partial charge in [-0.3, -0.25) is 14.4 Å². The maximum absolute atomic E-state index is 12.9. The third kappa shape index (κ3) is 5.60. The lowest BCUT2D eigenvalue weighted by Gasteiger charge is -2.26. The summed E-state index contributed by atoms with van der Waals surface area (Å²) >= 11 is 0. The molecular weight excluding hydrogens is 360 g/mol. The number of ketones is 1. The Morgan fingerprint density at radius 1 is 1.21 bits per heavy atom. The van der Waals surface area contributed by atoms with Crippen LogP contribution in [-0.4, -0.2) is 60.5 Å². The van der Waals surface area contributed by atoms with Crippen LogP contribution < -0.4 is 21.7 Å². The largest absolute Gasteiger partial charge is 0.391 e. The van der Waals surface area contributed by atoms with Crippen LogP contribution >= 0.6 is 0 Å². The molecule has 0 radical (unpaired) electrons. The van der Waals surface area contributed by atoms with Crippen molar-refractivity contribution in [2.24, 2.45) is 11.7 Å². The number of rotatable bonds is 9. The van der Waals surface area contributed by atoms with E-state index in [1.54, 1.807) is 0 Å². The number of benzene rings is 1. The molecule has 28 heavy (non-hydrogen) atoms. The molecule has 0 aliphatic carbocycles. The fourth-order valence-electron chi connectivity index (χ4n) is 3.48. The molecule has 8 heteroatoms. The molecule has 0 bridgehead atoms. The highest BCUT2D eigenvalue weighted by Crippen LogP contribution is 2.28. The predicted molar refractivity (Wildman–Crippen MR) is 105 cm³/mol. The van der Waals surface area contributed by atoms with Gasteiger partial charge in [-0.15, -0.1) is 0 Å². The van der Waals surface area contributed by atoms with E-state index in [0.717, 1.165) is 5.56 Å². The second-order valence-corrected chi connectivity index (χ2v) is 7.26. The van der Waals surface area contributed by atoms with Crippen LogP contribution in [0.15, 0.2) is 30.3 Å². The van der Waals surface area contributed by atoms with Crippen molar-refractivity contribution in [3.05, 3.63) is 35.9 Å². The highest BCUT2D eigenvalue weighted by Gasteiger charge is 2.37. The minimum Gasteiger partial charge on any atom is -0.391 e. The van der Waals surface area contributed by atoms with Gasteiger partial charge in [0.1, 0.15) is 6.04 Å². The summed E-state index contributed by atoms with van der Waals surface area (Å²) in [5.41, 5.74) is 6.53. The Hall–Kier alpha value is -2.29. The van der Waals surface area contributed by atoms with E-state index in [1.807, 2.05) is 30.3 Å². The Balaban J connectivity index is 2.07. The Morgan fingerprint density at radius 2 is 1.89 bits per heavy atom. The summed E-state index contributed by atoms with van der Waals surface area (Å²) in [4.78, 5) is 37.1. The van der Waals surface area contributed by atoms with Gasteiger partial charge in [0.15, 0.2) is 5.78 Å². The Labute approximate surface area is 165 Å². The van der Waals surface area contributed by atoms with Crippen LogP contribution in [-0.2, 0) is 14.4 Å². The van der Waals surface area contributed by atoms with Crippen molar-refractivity contribution in [1.29, 1.82) is 0 Å². The molecule has 1 aromatic carbocycles. The van der Waals surface area contributed by atoms with Gasteiger partial charge in [0.25, 0.3) is 0 Å². The number of Topliss-reactive ketones (excluding diaryl/α,β-unsaturated/α-hetero) is 1. The van der Waals surface area contributed by atoms with Gasteiger partial charge < -0.3 is 26.8 Å². The van der Waals surface area contributed by atoms with Gasteiger partial charge >= 0.3 is 0 Å². The Morgan fingerprint density at radius 3 is 2.46 bits per heavy atom. The number of carbonyl (C=O) groups is 3. The molecule has 5 atom stereocenters. The van der Waals surface area contributed by atoms with Crippen molar-refractivity contribution < 1.29 is 19.5 Å². The molecule has 1 aliphatic heterocycles. The topological polar surface area (TPSA) is 134 Å². The average Bonchev–Trinajstić information content (AvgIpc) is 3.15. The van der Waals surface area contributed by atoms with Gasteiger partial charge in [-0.1, -0.05) is 30.3 Å². The third-order valence-corrected chi connectivity index (χ3v) is 5.10. The molecule has 0 spiro atoms. The van der Waals surface area contributed by atoms with Crippen LogP contribution in [0.1, 0.15) is 31.7 Å². The number of hydrogen-bond acceptors (Lipinski definition) is 6. The number of nitrogens with two attached hydrogens (primary N) is 1. The van der Waals surface area contributed by atoms with E-state index in [0.29, 0.717) is 19.5 Å². The summed E-state index contributed by atoms with van der Waals surface area (Å²) in [6.45, 7) is 4.19. The molecule has 2 rings (SSSR count). The number of aliphatic hydroxyl groups excluding tert-OH is 1. The van der Waals surface area contributed by atoms with Gasteiger partial charge in [0, 0.05) is 19.0 Å². The molecule has 8 nitrogen and oxygen atoms in total. The molecule has 1 saturated heterocycles. The van der Waals surface area contributed by atoms with Crippen LogP contribution in [0.5, 0.6) is 0 Å². The zero-order valence-corrected chi connectivity index (χ0v) is 16.4. The van der Waals surface area contributed by atoms with E-state index in [1.165, 1.54) is 13.8 Å². The molecule has 6 N–H and O–H groups in total. The zero-order valence-electron chi connectivity index (χ0n) is 16.4. The molecular formula is C20H30N4O4.